The van der Waals surface area contributed by atoms with Gasteiger partial charge in [-0.2, -0.15) is 0 Å². The van der Waals surface area contributed by atoms with Gasteiger partial charge in [-0.1, -0.05) is 12.1 Å². The van der Waals surface area contributed by atoms with Crippen LogP contribution in [-0.4, -0.2) is 37.6 Å². The Bertz CT molecular complexity index is 925. The first-order chi connectivity index (χ1) is 11.7. The van der Waals surface area contributed by atoms with Crippen LogP contribution in [0.3, 0.4) is 0 Å². The van der Waals surface area contributed by atoms with Crippen molar-refractivity contribution in [3.63, 3.8) is 0 Å². The molecule has 1 aromatic heterocycles. The summed E-state index contributed by atoms with van der Waals surface area (Å²) in [6, 6.07) is 7.54. The third kappa shape index (κ3) is 3.99. The summed E-state index contributed by atoms with van der Waals surface area (Å²) < 4.78 is 30.6. The maximum atomic E-state index is 12.4. The molecular formula is C18H21NO5S. The van der Waals surface area contributed by atoms with E-state index in [4.69, 9.17) is 4.74 Å². The van der Waals surface area contributed by atoms with Crippen molar-refractivity contribution in [2.75, 3.05) is 12.9 Å². The Hall–Kier alpha value is -2.41. The molecule has 7 heteroatoms. The highest BCUT2D eigenvalue weighted by molar-refractivity contribution is 7.90. The molecule has 0 radical (unpaired) electrons. The fourth-order valence-corrected chi connectivity index (χ4v) is 3.69. The van der Waals surface area contributed by atoms with Crippen LogP contribution in [-0.2, 0) is 21.1 Å². The molecule has 0 N–H and O–H groups in total. The minimum absolute atomic E-state index is 0.0724. The first-order valence-corrected chi connectivity index (χ1v) is 9.72. The molecule has 134 valence electrons. The summed E-state index contributed by atoms with van der Waals surface area (Å²) in [5.74, 6) is -1.16. The fraction of sp³-hybridized carbons (Fsp3) is 0.333. The highest BCUT2D eigenvalue weighted by Gasteiger charge is 2.21. The van der Waals surface area contributed by atoms with Gasteiger partial charge in [0.1, 0.15) is 0 Å². The Labute approximate surface area is 147 Å². The average Bonchev–Trinajstić information content (AvgIpc) is 2.85. The molecule has 0 aliphatic heterocycles. The molecule has 0 bridgehead atoms. The maximum Gasteiger partial charge on any atom is 0.339 e. The van der Waals surface area contributed by atoms with Gasteiger partial charge in [-0.15, -0.1) is 0 Å². The average molecular weight is 363 g/mol. The third-order valence-corrected chi connectivity index (χ3v) is 5.19. The Morgan fingerprint density at radius 1 is 1.12 bits per heavy atom. The maximum absolute atomic E-state index is 12.4. The smallest absolute Gasteiger partial charge is 0.339 e. The van der Waals surface area contributed by atoms with Crippen LogP contribution in [0.15, 0.2) is 35.2 Å². The van der Waals surface area contributed by atoms with E-state index in [0.717, 1.165) is 24.2 Å². The van der Waals surface area contributed by atoms with Crippen LogP contribution in [0.4, 0.5) is 0 Å². The third-order valence-electron chi connectivity index (χ3n) is 4.03. The van der Waals surface area contributed by atoms with E-state index in [1.165, 1.54) is 18.2 Å². The van der Waals surface area contributed by atoms with Crippen molar-refractivity contribution in [3.8, 4) is 0 Å². The summed E-state index contributed by atoms with van der Waals surface area (Å²) in [6.07, 6.45) is 1.02. The van der Waals surface area contributed by atoms with Gasteiger partial charge in [-0.05, 0) is 39.0 Å². The zero-order chi connectivity index (χ0) is 18.8. The van der Waals surface area contributed by atoms with Crippen molar-refractivity contribution in [1.29, 1.82) is 0 Å². The van der Waals surface area contributed by atoms with E-state index in [2.05, 4.69) is 0 Å². The first-order valence-electron chi connectivity index (χ1n) is 7.83. The standard InChI is InChI=1S/C18H21NO5S/c1-5-19-12(2)10-15(13(19)3)16(20)11-24-18(21)14-8-6-7-9-17(14)25(4,22)23/h6-10H,5,11H2,1-4H3. The lowest BCUT2D eigenvalue weighted by atomic mass is 10.1. The molecule has 1 aromatic carbocycles. The van der Waals surface area contributed by atoms with E-state index < -0.39 is 22.4 Å². The fourth-order valence-electron chi connectivity index (χ4n) is 2.82. The molecule has 0 amide bonds. The molecular weight excluding hydrogens is 342 g/mol. The minimum Gasteiger partial charge on any atom is -0.454 e. The number of aromatic nitrogens is 1. The lowest BCUT2D eigenvalue weighted by Crippen LogP contribution is -2.17. The van der Waals surface area contributed by atoms with E-state index in [9.17, 15) is 18.0 Å². The normalized spacial score (nSPS) is 11.4. The summed E-state index contributed by atoms with van der Waals surface area (Å²) in [7, 11) is -3.57. The molecule has 0 atom stereocenters. The SMILES string of the molecule is CCn1c(C)cc(C(=O)COC(=O)c2ccccc2S(C)(=O)=O)c1C. The molecule has 0 saturated heterocycles. The monoisotopic (exact) mass is 363 g/mol. The summed E-state index contributed by atoms with van der Waals surface area (Å²) >= 11 is 0. The topological polar surface area (TPSA) is 82.4 Å². The highest BCUT2D eigenvalue weighted by Crippen LogP contribution is 2.18. The molecule has 0 fully saturated rings. The molecule has 25 heavy (non-hydrogen) atoms. The number of ether oxygens (including phenoxy) is 1. The van der Waals surface area contributed by atoms with E-state index in [1.54, 1.807) is 12.1 Å². The van der Waals surface area contributed by atoms with E-state index in [1.807, 2.05) is 25.3 Å². The molecule has 6 nitrogen and oxygen atoms in total. The Morgan fingerprint density at radius 3 is 2.32 bits per heavy atom. The Morgan fingerprint density at radius 2 is 1.76 bits per heavy atom. The number of aryl methyl sites for hydroxylation is 1. The highest BCUT2D eigenvalue weighted by atomic mass is 32.2. The molecule has 0 aliphatic carbocycles. The summed E-state index contributed by atoms with van der Waals surface area (Å²) in [6.45, 7) is 6.03. The van der Waals surface area contributed by atoms with Gasteiger partial charge in [-0.3, -0.25) is 4.79 Å². The van der Waals surface area contributed by atoms with Crippen LogP contribution in [0.25, 0.3) is 0 Å². The number of sulfone groups is 1. The van der Waals surface area contributed by atoms with Crippen LogP contribution >= 0.6 is 0 Å². The van der Waals surface area contributed by atoms with Gasteiger partial charge in [0.05, 0.1) is 10.5 Å². The summed E-state index contributed by atoms with van der Waals surface area (Å²) in [5.41, 5.74) is 2.20. The number of esters is 1. The van der Waals surface area contributed by atoms with Crippen molar-refractivity contribution in [3.05, 3.63) is 52.8 Å². The Kier molecular flexibility index (Phi) is 5.47. The lowest BCUT2D eigenvalue weighted by molar-refractivity contribution is 0.0470. The molecule has 0 spiro atoms. The number of carbonyl (C=O) groups excluding carboxylic acids is 2. The first kappa shape index (κ1) is 18.9. The number of hydrogen-bond donors (Lipinski definition) is 0. The van der Waals surface area contributed by atoms with Crippen molar-refractivity contribution >= 4 is 21.6 Å². The molecule has 1 heterocycles. The van der Waals surface area contributed by atoms with Crippen LogP contribution in [0.5, 0.6) is 0 Å². The van der Waals surface area contributed by atoms with Gasteiger partial charge in [-0.25, -0.2) is 13.2 Å². The van der Waals surface area contributed by atoms with Crippen molar-refractivity contribution in [2.45, 2.75) is 32.2 Å². The van der Waals surface area contributed by atoms with Gasteiger partial charge in [0.25, 0.3) is 0 Å². The lowest BCUT2D eigenvalue weighted by Gasteiger charge is -2.08. The number of Topliss-reactive ketones (excluding diaryl/α,β-unsaturated/α-hetero) is 1. The van der Waals surface area contributed by atoms with Crippen LogP contribution in [0.2, 0.25) is 0 Å². The van der Waals surface area contributed by atoms with Crippen LogP contribution in [0.1, 0.15) is 39.0 Å². The summed E-state index contributed by atoms with van der Waals surface area (Å²) in [5, 5.41) is 0. The molecule has 0 aliphatic rings. The van der Waals surface area contributed by atoms with E-state index in [-0.39, 0.29) is 16.2 Å². The van der Waals surface area contributed by atoms with Crippen molar-refractivity contribution in [1.82, 2.24) is 4.57 Å². The molecule has 2 aromatic rings. The second kappa shape index (κ2) is 7.23. The van der Waals surface area contributed by atoms with Crippen molar-refractivity contribution < 1.29 is 22.7 Å². The van der Waals surface area contributed by atoms with Crippen LogP contribution in [0, 0.1) is 13.8 Å². The largest absolute Gasteiger partial charge is 0.454 e. The predicted molar refractivity (Wildman–Crippen MR) is 93.7 cm³/mol. The molecule has 0 saturated carbocycles. The second-order valence-corrected chi connectivity index (χ2v) is 7.78. The quantitative estimate of drug-likeness (QED) is 0.582. The zero-order valence-electron chi connectivity index (χ0n) is 14.7. The van der Waals surface area contributed by atoms with Gasteiger partial charge in [0.15, 0.2) is 16.4 Å². The number of benzene rings is 1. The minimum atomic E-state index is -3.57. The number of hydrogen-bond acceptors (Lipinski definition) is 5. The van der Waals surface area contributed by atoms with Crippen LogP contribution < -0.4 is 0 Å². The number of carbonyl (C=O) groups is 2. The van der Waals surface area contributed by atoms with Gasteiger partial charge in [0, 0.05) is 29.8 Å². The van der Waals surface area contributed by atoms with E-state index >= 15 is 0 Å². The second-order valence-electron chi connectivity index (χ2n) is 5.80. The Balaban J connectivity index is 2.18. The van der Waals surface area contributed by atoms with E-state index in [0.29, 0.717) is 5.56 Å². The number of ketones is 1. The van der Waals surface area contributed by atoms with Gasteiger partial charge < -0.3 is 9.30 Å². The van der Waals surface area contributed by atoms with Crippen molar-refractivity contribution in [2.24, 2.45) is 0 Å². The summed E-state index contributed by atoms with van der Waals surface area (Å²) in [4.78, 5) is 24.5. The van der Waals surface area contributed by atoms with Gasteiger partial charge in [0.2, 0.25) is 5.78 Å². The number of rotatable bonds is 6. The molecule has 0 unspecified atom stereocenters. The molecule has 2 rings (SSSR count). The number of nitrogens with zero attached hydrogens (tertiary/aromatic N) is 1. The zero-order valence-corrected chi connectivity index (χ0v) is 15.5. The van der Waals surface area contributed by atoms with Gasteiger partial charge >= 0.3 is 5.97 Å². The predicted octanol–water partition coefficient (Wildman–Crippen LogP) is 2.57.